The van der Waals surface area contributed by atoms with Gasteiger partial charge in [-0.05, 0) is 32.1 Å². The molecule has 2 atom stereocenters. The Morgan fingerprint density at radius 2 is 2.00 bits per heavy atom. The molecule has 0 bridgehead atoms. The average Bonchev–Trinajstić information content (AvgIpc) is 2.52. The van der Waals surface area contributed by atoms with Crippen LogP contribution >= 0.6 is 0 Å². The summed E-state index contributed by atoms with van der Waals surface area (Å²) >= 11 is 0. The van der Waals surface area contributed by atoms with Crippen molar-refractivity contribution in [3.63, 3.8) is 0 Å². The molecule has 0 aromatic carbocycles. The normalized spacial score (nSPS) is 28.8. The van der Waals surface area contributed by atoms with Gasteiger partial charge in [0.1, 0.15) is 12.1 Å². The Labute approximate surface area is 79.7 Å². The lowest BCUT2D eigenvalue weighted by atomic mass is 9.78. The van der Waals surface area contributed by atoms with Crippen LogP contribution in [-0.2, 0) is 9.59 Å². The molecule has 0 radical (unpaired) electrons. The summed E-state index contributed by atoms with van der Waals surface area (Å²) in [7, 11) is 0. The molecule has 13 heavy (non-hydrogen) atoms. The van der Waals surface area contributed by atoms with Crippen LogP contribution < -0.4 is 0 Å². The SMILES string of the molecule is CC(=O)[C@H]1CC[C@@H](C(C)(C)C=O)C1. The van der Waals surface area contributed by atoms with Gasteiger partial charge < -0.3 is 4.79 Å². The molecule has 1 aliphatic rings. The molecule has 0 aromatic rings. The van der Waals surface area contributed by atoms with E-state index in [0.29, 0.717) is 5.92 Å². The molecule has 0 saturated heterocycles. The van der Waals surface area contributed by atoms with Gasteiger partial charge in [-0.15, -0.1) is 0 Å². The third-order valence-corrected chi connectivity index (χ3v) is 3.36. The Morgan fingerprint density at radius 3 is 2.38 bits per heavy atom. The Balaban J connectivity index is 2.59. The molecule has 0 heterocycles. The number of aldehydes is 1. The lowest BCUT2D eigenvalue weighted by Gasteiger charge is -2.24. The Morgan fingerprint density at radius 1 is 1.38 bits per heavy atom. The van der Waals surface area contributed by atoms with Crippen molar-refractivity contribution in [1.82, 2.24) is 0 Å². The predicted molar refractivity (Wildman–Crippen MR) is 51.4 cm³/mol. The van der Waals surface area contributed by atoms with E-state index < -0.39 is 0 Å². The van der Waals surface area contributed by atoms with E-state index in [1.165, 1.54) is 0 Å². The number of carbonyl (C=O) groups is 2. The van der Waals surface area contributed by atoms with Crippen molar-refractivity contribution in [2.24, 2.45) is 17.3 Å². The first-order chi connectivity index (χ1) is 5.97. The molecular weight excluding hydrogens is 164 g/mol. The number of ketones is 1. The quantitative estimate of drug-likeness (QED) is 0.627. The van der Waals surface area contributed by atoms with E-state index in [1.807, 2.05) is 13.8 Å². The summed E-state index contributed by atoms with van der Waals surface area (Å²) in [6.45, 7) is 5.58. The minimum absolute atomic E-state index is 0.212. The minimum atomic E-state index is -0.246. The first-order valence-electron chi connectivity index (χ1n) is 4.94. The monoisotopic (exact) mass is 182 g/mol. The van der Waals surface area contributed by atoms with Crippen LogP contribution in [0.2, 0.25) is 0 Å². The third-order valence-electron chi connectivity index (χ3n) is 3.36. The number of rotatable bonds is 3. The van der Waals surface area contributed by atoms with Crippen molar-refractivity contribution in [2.75, 3.05) is 0 Å². The summed E-state index contributed by atoms with van der Waals surface area (Å²) in [4.78, 5) is 21.9. The molecule has 0 amide bonds. The van der Waals surface area contributed by atoms with E-state index in [9.17, 15) is 9.59 Å². The van der Waals surface area contributed by atoms with E-state index in [4.69, 9.17) is 0 Å². The molecule has 2 nitrogen and oxygen atoms in total. The zero-order chi connectivity index (χ0) is 10.1. The number of Topliss-reactive ketones (excluding diaryl/α,β-unsaturated/α-hetero) is 1. The molecular formula is C11H18O2. The summed E-state index contributed by atoms with van der Waals surface area (Å²) in [5.74, 6) is 0.896. The molecule has 0 aromatic heterocycles. The highest BCUT2D eigenvalue weighted by Gasteiger charge is 2.37. The second-order valence-electron chi connectivity index (χ2n) is 4.76. The maximum Gasteiger partial charge on any atom is 0.132 e. The molecule has 74 valence electrons. The standard InChI is InChI=1S/C11H18O2/c1-8(13)9-4-5-10(6-9)11(2,3)7-12/h7,9-10H,4-6H2,1-3H3/t9-,10+/m0/s1. The Hall–Kier alpha value is -0.660. The molecule has 0 N–H and O–H groups in total. The fraction of sp³-hybridized carbons (Fsp3) is 0.818. The van der Waals surface area contributed by atoms with Crippen LogP contribution in [0.5, 0.6) is 0 Å². The van der Waals surface area contributed by atoms with Gasteiger partial charge in [-0.25, -0.2) is 0 Å². The first-order valence-corrected chi connectivity index (χ1v) is 4.94. The highest BCUT2D eigenvalue weighted by Crippen LogP contribution is 2.41. The van der Waals surface area contributed by atoms with E-state index in [2.05, 4.69) is 0 Å². The Bertz CT molecular complexity index is 218. The van der Waals surface area contributed by atoms with Crippen molar-refractivity contribution in [3.8, 4) is 0 Å². The van der Waals surface area contributed by atoms with Crippen molar-refractivity contribution >= 4 is 12.1 Å². The van der Waals surface area contributed by atoms with Gasteiger partial charge in [0.15, 0.2) is 0 Å². The summed E-state index contributed by atoms with van der Waals surface area (Å²) in [6.07, 6.45) is 3.93. The molecule has 1 rings (SSSR count). The molecule has 1 aliphatic carbocycles. The predicted octanol–water partition coefficient (Wildman–Crippen LogP) is 2.22. The topological polar surface area (TPSA) is 34.1 Å². The zero-order valence-corrected chi connectivity index (χ0v) is 8.67. The summed E-state index contributed by atoms with van der Waals surface area (Å²) in [5, 5.41) is 0. The van der Waals surface area contributed by atoms with E-state index in [0.717, 1.165) is 25.5 Å². The van der Waals surface area contributed by atoms with E-state index >= 15 is 0 Å². The average molecular weight is 182 g/mol. The van der Waals surface area contributed by atoms with Gasteiger partial charge in [-0.3, -0.25) is 4.79 Å². The summed E-state index contributed by atoms with van der Waals surface area (Å²) in [6, 6.07) is 0. The van der Waals surface area contributed by atoms with Gasteiger partial charge in [0, 0.05) is 11.3 Å². The van der Waals surface area contributed by atoms with Gasteiger partial charge in [-0.2, -0.15) is 0 Å². The highest BCUT2D eigenvalue weighted by atomic mass is 16.1. The maximum absolute atomic E-state index is 11.1. The fourth-order valence-corrected chi connectivity index (χ4v) is 2.12. The lowest BCUT2D eigenvalue weighted by Crippen LogP contribution is -2.24. The van der Waals surface area contributed by atoms with Gasteiger partial charge >= 0.3 is 0 Å². The van der Waals surface area contributed by atoms with Crippen molar-refractivity contribution < 1.29 is 9.59 Å². The van der Waals surface area contributed by atoms with Crippen molar-refractivity contribution in [3.05, 3.63) is 0 Å². The van der Waals surface area contributed by atoms with Crippen LogP contribution in [0.25, 0.3) is 0 Å². The second kappa shape index (κ2) is 3.60. The third kappa shape index (κ3) is 2.17. The van der Waals surface area contributed by atoms with E-state index in [1.54, 1.807) is 6.92 Å². The van der Waals surface area contributed by atoms with Crippen LogP contribution in [0.15, 0.2) is 0 Å². The van der Waals surface area contributed by atoms with Crippen LogP contribution in [0.3, 0.4) is 0 Å². The van der Waals surface area contributed by atoms with Crippen LogP contribution in [-0.4, -0.2) is 12.1 Å². The molecule has 0 unspecified atom stereocenters. The Kier molecular flexibility index (Phi) is 2.89. The van der Waals surface area contributed by atoms with Crippen LogP contribution in [0, 0.1) is 17.3 Å². The van der Waals surface area contributed by atoms with Gasteiger partial charge in [0.05, 0.1) is 0 Å². The molecule has 0 spiro atoms. The number of hydrogen-bond donors (Lipinski definition) is 0. The van der Waals surface area contributed by atoms with Crippen molar-refractivity contribution in [2.45, 2.75) is 40.0 Å². The maximum atomic E-state index is 11.1. The molecule has 2 heteroatoms. The first kappa shape index (κ1) is 10.4. The molecule has 0 aliphatic heterocycles. The molecule has 1 saturated carbocycles. The zero-order valence-electron chi connectivity index (χ0n) is 8.67. The van der Waals surface area contributed by atoms with Crippen LogP contribution in [0.1, 0.15) is 40.0 Å². The highest BCUT2D eigenvalue weighted by molar-refractivity contribution is 5.78. The summed E-state index contributed by atoms with van der Waals surface area (Å²) in [5.41, 5.74) is -0.246. The largest absolute Gasteiger partial charge is 0.303 e. The fourth-order valence-electron chi connectivity index (χ4n) is 2.12. The van der Waals surface area contributed by atoms with Crippen LogP contribution in [0.4, 0.5) is 0 Å². The minimum Gasteiger partial charge on any atom is -0.303 e. The number of carbonyl (C=O) groups excluding carboxylic acids is 2. The lowest BCUT2D eigenvalue weighted by molar-refractivity contribution is -0.121. The smallest absolute Gasteiger partial charge is 0.132 e. The number of hydrogen-bond acceptors (Lipinski definition) is 2. The molecule has 1 fully saturated rings. The van der Waals surface area contributed by atoms with Gasteiger partial charge in [-0.1, -0.05) is 13.8 Å². The second-order valence-corrected chi connectivity index (χ2v) is 4.76. The van der Waals surface area contributed by atoms with E-state index in [-0.39, 0.29) is 17.1 Å². The summed E-state index contributed by atoms with van der Waals surface area (Å²) < 4.78 is 0. The van der Waals surface area contributed by atoms with Gasteiger partial charge in [0.2, 0.25) is 0 Å². The van der Waals surface area contributed by atoms with Crippen molar-refractivity contribution in [1.29, 1.82) is 0 Å². The van der Waals surface area contributed by atoms with Gasteiger partial charge in [0.25, 0.3) is 0 Å².